The molecule has 5 nitrogen and oxygen atoms in total. The maximum absolute atomic E-state index is 12.8. The highest BCUT2D eigenvalue weighted by Gasteiger charge is 2.43. The molecule has 2 fully saturated rings. The SMILES string of the molecule is Cc1ccc(CN2CCC3(CC2)CN(C(=O)NC2CC2)Cc2ccccc23)o1. The highest BCUT2D eigenvalue weighted by atomic mass is 16.3. The van der Waals surface area contributed by atoms with Crippen LogP contribution in [0, 0.1) is 6.92 Å². The number of likely N-dealkylation sites (tertiary alicyclic amines) is 1. The van der Waals surface area contributed by atoms with Crippen LogP contribution in [0.5, 0.6) is 0 Å². The summed E-state index contributed by atoms with van der Waals surface area (Å²) in [6, 6.07) is 13.4. The van der Waals surface area contributed by atoms with Crippen LogP contribution in [0.1, 0.15) is 48.3 Å². The van der Waals surface area contributed by atoms with Crippen molar-refractivity contribution in [1.82, 2.24) is 15.1 Å². The second-order valence-corrected chi connectivity index (χ2v) is 8.81. The summed E-state index contributed by atoms with van der Waals surface area (Å²) < 4.78 is 5.77. The van der Waals surface area contributed by atoms with Crippen molar-refractivity contribution in [3.63, 3.8) is 0 Å². The van der Waals surface area contributed by atoms with Gasteiger partial charge in [-0.1, -0.05) is 24.3 Å². The zero-order valence-corrected chi connectivity index (χ0v) is 16.6. The molecule has 5 rings (SSSR count). The summed E-state index contributed by atoms with van der Waals surface area (Å²) in [6.45, 7) is 6.49. The quantitative estimate of drug-likeness (QED) is 0.882. The standard InChI is InChI=1S/C23H29N3O2/c1-17-6-9-20(28-17)15-25-12-10-23(11-13-25)16-26(22(27)24-19-7-8-19)14-18-4-2-3-5-21(18)23/h2-6,9,19H,7-8,10-16H2,1H3,(H,24,27). The number of nitrogens with zero attached hydrogens (tertiary/aromatic N) is 2. The van der Waals surface area contributed by atoms with E-state index in [1.807, 2.05) is 17.9 Å². The highest BCUT2D eigenvalue weighted by Crippen LogP contribution is 2.42. The second-order valence-electron chi connectivity index (χ2n) is 8.81. The van der Waals surface area contributed by atoms with E-state index >= 15 is 0 Å². The van der Waals surface area contributed by atoms with Gasteiger partial charge in [0.05, 0.1) is 6.54 Å². The predicted molar refractivity (Wildman–Crippen MR) is 108 cm³/mol. The lowest BCUT2D eigenvalue weighted by Gasteiger charge is -2.48. The molecule has 0 radical (unpaired) electrons. The Labute approximate surface area is 166 Å². The van der Waals surface area contributed by atoms with Crippen LogP contribution in [0.15, 0.2) is 40.8 Å². The van der Waals surface area contributed by atoms with E-state index in [1.165, 1.54) is 11.1 Å². The third kappa shape index (κ3) is 3.44. The van der Waals surface area contributed by atoms with Gasteiger partial charge in [0.15, 0.2) is 0 Å². The number of urea groups is 1. The predicted octanol–water partition coefficient (Wildman–Crippen LogP) is 3.81. The van der Waals surface area contributed by atoms with Crippen molar-refractivity contribution < 1.29 is 9.21 Å². The Kier molecular flexibility index (Phi) is 4.43. The smallest absolute Gasteiger partial charge is 0.317 e. The van der Waals surface area contributed by atoms with Gasteiger partial charge in [-0.15, -0.1) is 0 Å². The van der Waals surface area contributed by atoms with E-state index in [0.717, 1.165) is 69.9 Å². The van der Waals surface area contributed by atoms with Crippen LogP contribution >= 0.6 is 0 Å². The number of benzene rings is 1. The zero-order chi connectivity index (χ0) is 19.1. The fraction of sp³-hybridized carbons (Fsp3) is 0.522. The summed E-state index contributed by atoms with van der Waals surface area (Å²) in [5, 5.41) is 3.18. The molecule has 28 heavy (non-hydrogen) atoms. The molecule has 0 atom stereocenters. The van der Waals surface area contributed by atoms with E-state index in [4.69, 9.17) is 4.42 Å². The molecule has 1 N–H and O–H groups in total. The van der Waals surface area contributed by atoms with E-state index in [-0.39, 0.29) is 11.4 Å². The minimum atomic E-state index is 0.0747. The maximum atomic E-state index is 12.8. The number of furan rings is 1. The summed E-state index contributed by atoms with van der Waals surface area (Å²) >= 11 is 0. The number of amides is 2. The summed E-state index contributed by atoms with van der Waals surface area (Å²) in [5.41, 5.74) is 2.85. The van der Waals surface area contributed by atoms with E-state index in [2.05, 4.69) is 40.5 Å². The topological polar surface area (TPSA) is 48.7 Å². The zero-order valence-electron chi connectivity index (χ0n) is 16.6. The molecule has 1 spiro atoms. The molecule has 148 valence electrons. The van der Waals surface area contributed by atoms with Gasteiger partial charge >= 0.3 is 6.03 Å². The molecule has 0 unspecified atom stereocenters. The van der Waals surface area contributed by atoms with Gasteiger partial charge < -0.3 is 14.6 Å². The van der Waals surface area contributed by atoms with E-state index in [1.54, 1.807) is 0 Å². The van der Waals surface area contributed by atoms with Crippen molar-refractivity contribution in [2.24, 2.45) is 0 Å². The Morgan fingerprint density at radius 2 is 1.96 bits per heavy atom. The molecular weight excluding hydrogens is 350 g/mol. The average molecular weight is 380 g/mol. The van der Waals surface area contributed by atoms with Crippen LogP contribution in [0.3, 0.4) is 0 Å². The molecule has 2 amide bonds. The minimum absolute atomic E-state index is 0.0747. The number of rotatable bonds is 3. The molecule has 2 aromatic rings. The number of nitrogens with one attached hydrogen (secondary N) is 1. The highest BCUT2D eigenvalue weighted by molar-refractivity contribution is 5.75. The molecule has 1 aromatic carbocycles. The molecule has 3 heterocycles. The first-order valence-corrected chi connectivity index (χ1v) is 10.5. The summed E-state index contributed by atoms with van der Waals surface area (Å²) in [6.07, 6.45) is 4.42. The Balaban J connectivity index is 1.33. The first-order valence-electron chi connectivity index (χ1n) is 10.5. The number of carbonyl (C=O) groups is 1. The van der Waals surface area contributed by atoms with E-state index in [0.29, 0.717) is 6.04 Å². The van der Waals surface area contributed by atoms with Crippen LogP contribution in [-0.4, -0.2) is 41.5 Å². The summed E-state index contributed by atoms with van der Waals surface area (Å²) in [7, 11) is 0. The van der Waals surface area contributed by atoms with Crippen molar-refractivity contribution in [1.29, 1.82) is 0 Å². The third-order valence-corrected chi connectivity index (χ3v) is 6.62. The van der Waals surface area contributed by atoms with Crippen molar-refractivity contribution in [3.8, 4) is 0 Å². The lowest BCUT2D eigenvalue weighted by molar-refractivity contribution is 0.100. The van der Waals surface area contributed by atoms with Crippen LogP contribution in [-0.2, 0) is 18.5 Å². The van der Waals surface area contributed by atoms with Crippen LogP contribution in [0.4, 0.5) is 4.79 Å². The van der Waals surface area contributed by atoms with Crippen molar-refractivity contribution >= 4 is 6.03 Å². The molecular formula is C23H29N3O2. The normalized spacial score (nSPS) is 21.5. The van der Waals surface area contributed by atoms with Crippen molar-refractivity contribution in [2.75, 3.05) is 19.6 Å². The molecule has 5 heteroatoms. The van der Waals surface area contributed by atoms with Crippen molar-refractivity contribution in [2.45, 2.75) is 57.2 Å². The fourth-order valence-electron chi connectivity index (χ4n) is 4.88. The number of hydrogen-bond donors (Lipinski definition) is 1. The van der Waals surface area contributed by atoms with Gasteiger partial charge in [0, 0.05) is 24.5 Å². The summed E-state index contributed by atoms with van der Waals surface area (Å²) in [5.74, 6) is 2.02. The number of hydrogen-bond acceptors (Lipinski definition) is 3. The van der Waals surface area contributed by atoms with Gasteiger partial charge in [-0.25, -0.2) is 4.79 Å². The molecule has 1 aliphatic carbocycles. The lowest BCUT2D eigenvalue weighted by Crippen LogP contribution is -2.55. The maximum Gasteiger partial charge on any atom is 0.317 e. The van der Waals surface area contributed by atoms with E-state index < -0.39 is 0 Å². The third-order valence-electron chi connectivity index (χ3n) is 6.62. The van der Waals surface area contributed by atoms with Gasteiger partial charge in [-0.2, -0.15) is 0 Å². The van der Waals surface area contributed by atoms with Gasteiger partial charge in [0.2, 0.25) is 0 Å². The second kappa shape index (κ2) is 6.96. The molecule has 0 bridgehead atoms. The number of carbonyl (C=O) groups excluding carboxylic acids is 1. The molecule has 3 aliphatic rings. The van der Waals surface area contributed by atoms with Crippen LogP contribution in [0.25, 0.3) is 0 Å². The Morgan fingerprint density at radius 3 is 2.68 bits per heavy atom. The van der Waals surface area contributed by atoms with Crippen LogP contribution < -0.4 is 5.32 Å². The first-order chi connectivity index (χ1) is 13.6. The van der Waals surface area contributed by atoms with Gasteiger partial charge in [0.1, 0.15) is 11.5 Å². The summed E-state index contributed by atoms with van der Waals surface area (Å²) in [4.78, 5) is 17.3. The Hall–Kier alpha value is -2.27. The molecule has 1 saturated carbocycles. The molecule has 1 saturated heterocycles. The average Bonchev–Trinajstić information content (AvgIpc) is 3.43. The van der Waals surface area contributed by atoms with Gasteiger partial charge in [-0.3, -0.25) is 4.90 Å². The largest absolute Gasteiger partial charge is 0.465 e. The molecule has 1 aromatic heterocycles. The van der Waals surface area contributed by atoms with E-state index in [9.17, 15) is 4.79 Å². The fourth-order valence-corrected chi connectivity index (χ4v) is 4.88. The van der Waals surface area contributed by atoms with Gasteiger partial charge in [0.25, 0.3) is 0 Å². The Bertz CT molecular complexity index is 862. The lowest BCUT2D eigenvalue weighted by atomic mass is 9.69. The van der Waals surface area contributed by atoms with Crippen molar-refractivity contribution in [3.05, 3.63) is 59.0 Å². The number of aryl methyl sites for hydroxylation is 1. The number of piperidine rings is 1. The molecule has 2 aliphatic heterocycles. The first kappa shape index (κ1) is 17.8. The number of fused-ring (bicyclic) bond motifs is 2. The minimum Gasteiger partial charge on any atom is -0.465 e. The van der Waals surface area contributed by atoms with Gasteiger partial charge in [-0.05, 0) is 69.0 Å². The monoisotopic (exact) mass is 379 g/mol. The Morgan fingerprint density at radius 1 is 1.18 bits per heavy atom. The van der Waals surface area contributed by atoms with Crippen LogP contribution in [0.2, 0.25) is 0 Å².